The van der Waals surface area contributed by atoms with Gasteiger partial charge in [-0.3, -0.25) is 0 Å². The van der Waals surface area contributed by atoms with E-state index in [0.717, 1.165) is 32.5 Å². The Hall–Kier alpha value is -1.49. The Labute approximate surface area is 120 Å². The van der Waals surface area contributed by atoms with Crippen molar-refractivity contribution < 1.29 is 9.13 Å². The zero-order chi connectivity index (χ0) is 14.7. The molecule has 4 nitrogen and oxygen atoms in total. The van der Waals surface area contributed by atoms with Crippen LogP contribution in [-0.4, -0.2) is 45.7 Å². The van der Waals surface area contributed by atoms with E-state index < -0.39 is 0 Å². The van der Waals surface area contributed by atoms with E-state index in [2.05, 4.69) is 23.9 Å². The van der Waals surface area contributed by atoms with Gasteiger partial charge in [0, 0.05) is 31.8 Å². The highest BCUT2D eigenvalue weighted by molar-refractivity contribution is 5.63. The number of hydrogen-bond donors (Lipinski definition) is 1. The summed E-state index contributed by atoms with van der Waals surface area (Å²) in [4.78, 5) is 4.30. The topological polar surface area (TPSA) is 41.7 Å². The van der Waals surface area contributed by atoms with Crippen molar-refractivity contribution in [2.45, 2.75) is 12.8 Å². The van der Waals surface area contributed by atoms with Crippen LogP contribution in [0.5, 0.6) is 5.75 Å². The fraction of sp³-hybridized carbons (Fsp3) is 0.600. The van der Waals surface area contributed by atoms with E-state index in [1.807, 2.05) is 0 Å². The fourth-order valence-electron chi connectivity index (χ4n) is 2.85. The smallest absolute Gasteiger partial charge is 0.148 e. The predicted molar refractivity (Wildman–Crippen MR) is 80.9 cm³/mol. The maximum Gasteiger partial charge on any atom is 0.148 e. The van der Waals surface area contributed by atoms with Gasteiger partial charge in [-0.25, -0.2) is 4.39 Å². The number of nitrogens with zero attached hydrogens (tertiary/aromatic N) is 2. The van der Waals surface area contributed by atoms with Gasteiger partial charge in [0.25, 0.3) is 0 Å². The minimum absolute atomic E-state index is 0.269. The lowest BCUT2D eigenvalue weighted by Crippen LogP contribution is -2.37. The molecule has 2 rings (SSSR count). The van der Waals surface area contributed by atoms with Gasteiger partial charge in [0.05, 0.1) is 18.5 Å². The average molecular weight is 281 g/mol. The van der Waals surface area contributed by atoms with E-state index in [4.69, 9.17) is 10.5 Å². The predicted octanol–water partition coefficient (Wildman–Crippen LogP) is 2.19. The standard InChI is InChI=1S/C15H24FN3O/c1-18(2)10-11-4-6-19(7-5-11)14-9-15(20-3)13(17)8-12(14)16/h8-9,11H,4-7,10,17H2,1-3H3. The van der Waals surface area contributed by atoms with Crippen molar-refractivity contribution in [3.8, 4) is 5.75 Å². The molecule has 0 atom stereocenters. The molecule has 1 heterocycles. The molecule has 1 aromatic carbocycles. The molecule has 2 N–H and O–H groups in total. The Kier molecular flexibility index (Phi) is 4.70. The number of anilines is 2. The normalized spacial score (nSPS) is 16.8. The molecule has 5 heteroatoms. The van der Waals surface area contributed by atoms with E-state index in [1.54, 1.807) is 13.2 Å². The SMILES string of the molecule is COc1cc(N2CCC(CN(C)C)CC2)c(F)cc1N. The highest BCUT2D eigenvalue weighted by Crippen LogP contribution is 2.32. The number of methoxy groups -OCH3 is 1. The second-order valence-electron chi connectivity index (χ2n) is 5.74. The third-order valence-electron chi connectivity index (χ3n) is 3.88. The van der Waals surface area contributed by atoms with Gasteiger partial charge in [-0.2, -0.15) is 0 Å². The summed E-state index contributed by atoms with van der Waals surface area (Å²) in [5, 5.41) is 0. The molecule has 20 heavy (non-hydrogen) atoms. The van der Waals surface area contributed by atoms with Crippen LogP contribution in [-0.2, 0) is 0 Å². The molecule has 1 fully saturated rings. The van der Waals surface area contributed by atoms with Crippen LogP contribution in [0, 0.1) is 11.7 Å². The highest BCUT2D eigenvalue weighted by Gasteiger charge is 2.22. The largest absolute Gasteiger partial charge is 0.495 e. The minimum Gasteiger partial charge on any atom is -0.495 e. The van der Waals surface area contributed by atoms with Crippen molar-refractivity contribution in [3.05, 3.63) is 17.9 Å². The second kappa shape index (κ2) is 6.31. The number of piperidine rings is 1. The molecule has 0 saturated carbocycles. The Balaban J connectivity index is 2.07. The lowest BCUT2D eigenvalue weighted by atomic mass is 9.96. The van der Waals surface area contributed by atoms with E-state index in [1.165, 1.54) is 6.07 Å². The van der Waals surface area contributed by atoms with Gasteiger partial charge < -0.3 is 20.3 Å². The van der Waals surface area contributed by atoms with Crippen molar-refractivity contribution in [1.29, 1.82) is 0 Å². The van der Waals surface area contributed by atoms with Crippen molar-refractivity contribution in [2.24, 2.45) is 5.92 Å². The van der Waals surface area contributed by atoms with Crippen LogP contribution in [0.15, 0.2) is 12.1 Å². The van der Waals surface area contributed by atoms with Gasteiger partial charge in [-0.15, -0.1) is 0 Å². The summed E-state index contributed by atoms with van der Waals surface area (Å²) in [6.07, 6.45) is 2.18. The van der Waals surface area contributed by atoms with Gasteiger partial charge in [-0.05, 0) is 32.9 Å². The molecule has 1 saturated heterocycles. The summed E-state index contributed by atoms with van der Waals surface area (Å²) in [6, 6.07) is 3.05. The van der Waals surface area contributed by atoms with E-state index in [9.17, 15) is 4.39 Å². The molecule has 1 aliphatic heterocycles. The summed E-state index contributed by atoms with van der Waals surface area (Å²) in [5.74, 6) is 0.964. The van der Waals surface area contributed by atoms with Crippen LogP contribution in [0.25, 0.3) is 0 Å². The average Bonchev–Trinajstić information content (AvgIpc) is 2.39. The molecule has 0 spiro atoms. The minimum atomic E-state index is -0.269. The van der Waals surface area contributed by atoms with Crippen LogP contribution in [0.2, 0.25) is 0 Å². The molecular weight excluding hydrogens is 257 g/mol. The van der Waals surface area contributed by atoms with Crippen molar-refractivity contribution in [2.75, 3.05) is 51.5 Å². The first-order chi connectivity index (χ1) is 9.51. The van der Waals surface area contributed by atoms with Crippen molar-refractivity contribution >= 4 is 11.4 Å². The fourth-order valence-corrected chi connectivity index (χ4v) is 2.85. The number of ether oxygens (including phenoxy) is 1. The quantitative estimate of drug-likeness (QED) is 0.859. The van der Waals surface area contributed by atoms with Gasteiger partial charge >= 0.3 is 0 Å². The Morgan fingerprint density at radius 1 is 1.35 bits per heavy atom. The van der Waals surface area contributed by atoms with Gasteiger partial charge in [-0.1, -0.05) is 0 Å². The highest BCUT2D eigenvalue weighted by atomic mass is 19.1. The molecule has 1 aromatic rings. The lowest BCUT2D eigenvalue weighted by Gasteiger charge is -2.35. The van der Waals surface area contributed by atoms with Crippen LogP contribution >= 0.6 is 0 Å². The maximum absolute atomic E-state index is 14.1. The molecule has 0 unspecified atom stereocenters. The molecule has 0 aliphatic carbocycles. The Bertz CT molecular complexity index is 457. The number of benzene rings is 1. The molecule has 112 valence electrons. The lowest BCUT2D eigenvalue weighted by molar-refractivity contribution is 0.284. The van der Waals surface area contributed by atoms with Crippen LogP contribution in [0.4, 0.5) is 15.8 Å². The van der Waals surface area contributed by atoms with Crippen molar-refractivity contribution in [1.82, 2.24) is 4.90 Å². The van der Waals surface area contributed by atoms with E-state index >= 15 is 0 Å². The number of hydrogen-bond acceptors (Lipinski definition) is 4. The van der Waals surface area contributed by atoms with Gasteiger partial charge in [0.1, 0.15) is 11.6 Å². The number of nitrogens with two attached hydrogens (primary N) is 1. The molecule has 1 aliphatic rings. The first-order valence-corrected chi connectivity index (χ1v) is 7.04. The van der Waals surface area contributed by atoms with Gasteiger partial charge in [0.15, 0.2) is 0 Å². The summed E-state index contributed by atoms with van der Waals surface area (Å²) in [7, 11) is 5.74. The summed E-state index contributed by atoms with van der Waals surface area (Å²) < 4.78 is 19.3. The maximum atomic E-state index is 14.1. The zero-order valence-electron chi connectivity index (χ0n) is 12.5. The van der Waals surface area contributed by atoms with E-state index in [0.29, 0.717) is 23.0 Å². The first-order valence-electron chi connectivity index (χ1n) is 7.04. The van der Waals surface area contributed by atoms with Crippen LogP contribution < -0.4 is 15.4 Å². The monoisotopic (exact) mass is 281 g/mol. The molecule has 0 aromatic heterocycles. The molecule has 0 radical (unpaired) electrons. The summed E-state index contributed by atoms with van der Waals surface area (Å²) >= 11 is 0. The zero-order valence-corrected chi connectivity index (χ0v) is 12.5. The first kappa shape index (κ1) is 14.9. The molecule has 0 bridgehead atoms. The van der Waals surface area contributed by atoms with Crippen LogP contribution in [0.1, 0.15) is 12.8 Å². The third kappa shape index (κ3) is 3.33. The van der Waals surface area contributed by atoms with E-state index in [-0.39, 0.29) is 5.82 Å². The van der Waals surface area contributed by atoms with Crippen molar-refractivity contribution in [3.63, 3.8) is 0 Å². The number of nitrogen functional groups attached to an aromatic ring is 1. The Morgan fingerprint density at radius 2 is 2.00 bits per heavy atom. The molecular formula is C15H24FN3O. The Morgan fingerprint density at radius 3 is 2.55 bits per heavy atom. The summed E-state index contributed by atoms with van der Waals surface area (Å²) in [6.45, 7) is 2.85. The van der Waals surface area contributed by atoms with Gasteiger partial charge in [0.2, 0.25) is 0 Å². The third-order valence-corrected chi connectivity index (χ3v) is 3.88. The number of rotatable bonds is 4. The second-order valence-corrected chi connectivity index (χ2v) is 5.74. The molecule has 0 amide bonds. The number of halogens is 1. The van der Waals surface area contributed by atoms with Crippen LogP contribution in [0.3, 0.4) is 0 Å². The summed E-state index contributed by atoms with van der Waals surface area (Å²) in [5.41, 5.74) is 6.66.